The van der Waals surface area contributed by atoms with Crippen LogP contribution < -0.4 is 5.73 Å². The van der Waals surface area contributed by atoms with Gasteiger partial charge in [-0.05, 0) is 31.0 Å². The van der Waals surface area contributed by atoms with Crippen molar-refractivity contribution in [1.29, 1.82) is 0 Å². The van der Waals surface area contributed by atoms with E-state index in [2.05, 4.69) is 15.2 Å². The van der Waals surface area contributed by atoms with Gasteiger partial charge in [0.25, 0.3) is 5.91 Å². The van der Waals surface area contributed by atoms with E-state index in [9.17, 15) is 13.2 Å². The van der Waals surface area contributed by atoms with Crippen LogP contribution in [0.5, 0.6) is 0 Å². The summed E-state index contributed by atoms with van der Waals surface area (Å²) >= 11 is 0. The van der Waals surface area contributed by atoms with E-state index >= 15 is 0 Å². The predicted octanol–water partition coefficient (Wildman–Crippen LogP) is 0.472. The van der Waals surface area contributed by atoms with Gasteiger partial charge >= 0.3 is 0 Å². The zero-order chi connectivity index (χ0) is 16.4. The molecule has 1 aliphatic rings. The fraction of sp³-hybridized carbons (Fsp3) is 0.357. The molecule has 8 nitrogen and oxygen atoms in total. The number of rotatable bonds is 4. The maximum absolute atomic E-state index is 12.5. The zero-order valence-electron chi connectivity index (χ0n) is 12.3. The van der Waals surface area contributed by atoms with Crippen molar-refractivity contribution in [3.8, 4) is 0 Å². The number of H-pyrrole nitrogens is 1. The summed E-state index contributed by atoms with van der Waals surface area (Å²) < 4.78 is 26.5. The Hall–Kier alpha value is -2.26. The minimum Gasteiger partial charge on any atom is -0.364 e. The van der Waals surface area contributed by atoms with Gasteiger partial charge in [0.05, 0.1) is 0 Å². The summed E-state index contributed by atoms with van der Waals surface area (Å²) in [6.07, 6.45) is 4.20. The van der Waals surface area contributed by atoms with Crippen LogP contribution in [0.15, 0.2) is 35.5 Å². The number of nitrogens with two attached hydrogens (primary N) is 1. The molecular formula is C14H17N5O3S. The van der Waals surface area contributed by atoms with Gasteiger partial charge in [-0.1, -0.05) is 0 Å². The minimum atomic E-state index is -3.50. The smallest absolute Gasteiger partial charge is 0.269 e. The summed E-state index contributed by atoms with van der Waals surface area (Å²) in [7, 11) is -3.50. The Kier molecular flexibility index (Phi) is 4.14. The van der Waals surface area contributed by atoms with E-state index in [1.54, 1.807) is 24.4 Å². The molecule has 0 aliphatic carbocycles. The molecule has 0 atom stereocenters. The third-order valence-corrected chi connectivity index (χ3v) is 5.90. The maximum atomic E-state index is 12.5. The van der Waals surface area contributed by atoms with Crippen molar-refractivity contribution >= 4 is 15.9 Å². The van der Waals surface area contributed by atoms with Gasteiger partial charge in [-0.25, -0.2) is 8.42 Å². The largest absolute Gasteiger partial charge is 0.364 e. The minimum absolute atomic E-state index is 0.135. The number of sulfonamides is 1. The Morgan fingerprint density at radius 2 is 2.09 bits per heavy atom. The molecule has 3 rings (SSSR count). The predicted molar refractivity (Wildman–Crippen MR) is 82.1 cm³/mol. The first-order valence-electron chi connectivity index (χ1n) is 7.24. The van der Waals surface area contributed by atoms with Crippen LogP contribution in [0, 0.1) is 0 Å². The van der Waals surface area contributed by atoms with Crippen LogP contribution in [0.3, 0.4) is 0 Å². The Morgan fingerprint density at radius 1 is 1.35 bits per heavy atom. The number of carbonyl (C=O) groups excluding carboxylic acids is 1. The molecule has 1 aliphatic heterocycles. The number of aromatic nitrogens is 3. The number of hydrogen-bond donors (Lipinski definition) is 2. The Balaban J connectivity index is 1.69. The lowest BCUT2D eigenvalue weighted by Gasteiger charge is -2.30. The van der Waals surface area contributed by atoms with E-state index < -0.39 is 15.9 Å². The fourth-order valence-corrected chi connectivity index (χ4v) is 4.16. The van der Waals surface area contributed by atoms with Crippen LogP contribution in [0.25, 0.3) is 0 Å². The van der Waals surface area contributed by atoms with Gasteiger partial charge in [0.1, 0.15) is 10.6 Å². The van der Waals surface area contributed by atoms with Gasteiger partial charge in [-0.15, -0.1) is 0 Å². The highest BCUT2D eigenvalue weighted by Crippen LogP contribution is 2.29. The average Bonchev–Trinajstić information content (AvgIpc) is 3.06. The molecule has 23 heavy (non-hydrogen) atoms. The van der Waals surface area contributed by atoms with Crippen molar-refractivity contribution in [1.82, 2.24) is 19.5 Å². The van der Waals surface area contributed by atoms with E-state index in [0.29, 0.717) is 25.9 Å². The van der Waals surface area contributed by atoms with Crippen LogP contribution in [-0.4, -0.2) is 46.9 Å². The molecule has 3 heterocycles. The zero-order valence-corrected chi connectivity index (χ0v) is 13.2. The monoisotopic (exact) mass is 335 g/mol. The van der Waals surface area contributed by atoms with Crippen LogP contribution in [0.4, 0.5) is 0 Å². The molecule has 9 heteroatoms. The lowest BCUT2D eigenvalue weighted by atomic mass is 9.94. The van der Waals surface area contributed by atoms with Gasteiger partial charge in [0.15, 0.2) is 0 Å². The second-order valence-electron chi connectivity index (χ2n) is 5.44. The molecule has 2 aromatic heterocycles. The Labute approximate surface area is 133 Å². The summed E-state index contributed by atoms with van der Waals surface area (Å²) in [5.41, 5.74) is 6.20. The second kappa shape index (κ2) is 6.09. The van der Waals surface area contributed by atoms with Crippen LogP contribution in [-0.2, 0) is 10.0 Å². The normalized spacial score (nSPS) is 17.2. The van der Waals surface area contributed by atoms with E-state index in [0.717, 1.165) is 5.69 Å². The SMILES string of the molecule is NC(=O)c1cc(C2CCN(S(=O)(=O)c3cccnc3)CC2)[nH]n1. The molecule has 0 bridgehead atoms. The first kappa shape index (κ1) is 15.6. The number of aromatic amines is 1. The van der Waals surface area contributed by atoms with Crippen LogP contribution in [0.2, 0.25) is 0 Å². The molecule has 2 aromatic rings. The van der Waals surface area contributed by atoms with Crippen molar-refractivity contribution in [2.75, 3.05) is 13.1 Å². The van der Waals surface area contributed by atoms with Gasteiger partial charge in [-0.2, -0.15) is 9.40 Å². The summed E-state index contributed by atoms with van der Waals surface area (Å²) in [5, 5.41) is 6.68. The van der Waals surface area contributed by atoms with Gasteiger partial charge < -0.3 is 5.73 Å². The second-order valence-corrected chi connectivity index (χ2v) is 7.38. The lowest BCUT2D eigenvalue weighted by molar-refractivity contribution is 0.0995. The number of primary amides is 1. The number of amides is 1. The topological polar surface area (TPSA) is 122 Å². The first-order valence-corrected chi connectivity index (χ1v) is 8.68. The van der Waals surface area contributed by atoms with Gasteiger partial charge in [-0.3, -0.25) is 14.9 Å². The average molecular weight is 335 g/mol. The maximum Gasteiger partial charge on any atom is 0.269 e. The van der Waals surface area contributed by atoms with E-state index in [4.69, 9.17) is 5.73 Å². The quantitative estimate of drug-likeness (QED) is 0.841. The molecule has 0 saturated carbocycles. The number of nitrogens with one attached hydrogen (secondary N) is 1. The molecule has 122 valence electrons. The van der Waals surface area contributed by atoms with Crippen LogP contribution in [0.1, 0.15) is 34.9 Å². The number of pyridine rings is 1. The molecule has 3 N–H and O–H groups in total. The summed E-state index contributed by atoms with van der Waals surface area (Å²) in [6.45, 7) is 0.819. The van der Waals surface area contributed by atoms with E-state index in [-0.39, 0.29) is 16.5 Å². The standard InChI is InChI=1S/C14H17N5O3S/c15-14(20)13-8-12(17-18-13)10-3-6-19(7-4-10)23(21,22)11-2-1-5-16-9-11/h1-2,5,8-10H,3-4,6-7H2,(H2,15,20)(H,17,18). The molecular weight excluding hydrogens is 318 g/mol. The Bertz CT molecular complexity index is 795. The van der Waals surface area contributed by atoms with Crippen molar-refractivity contribution < 1.29 is 13.2 Å². The molecule has 1 amide bonds. The summed E-state index contributed by atoms with van der Waals surface area (Å²) in [4.78, 5) is 15.2. The summed E-state index contributed by atoms with van der Waals surface area (Å²) in [6, 6.07) is 4.79. The molecule has 1 fully saturated rings. The number of hydrogen-bond acceptors (Lipinski definition) is 5. The third-order valence-electron chi connectivity index (χ3n) is 4.02. The molecule has 0 radical (unpaired) electrons. The molecule has 1 saturated heterocycles. The number of piperidine rings is 1. The summed E-state index contributed by atoms with van der Waals surface area (Å²) in [5.74, 6) is -0.444. The molecule has 0 unspecified atom stereocenters. The van der Waals surface area contributed by atoms with Gasteiger partial charge in [0.2, 0.25) is 10.0 Å². The number of carbonyl (C=O) groups is 1. The highest BCUT2D eigenvalue weighted by Gasteiger charge is 2.30. The van der Waals surface area contributed by atoms with Crippen molar-refractivity contribution in [2.24, 2.45) is 5.73 Å². The lowest BCUT2D eigenvalue weighted by Crippen LogP contribution is -2.38. The highest BCUT2D eigenvalue weighted by molar-refractivity contribution is 7.89. The first-order chi connectivity index (χ1) is 11.0. The molecule has 0 aromatic carbocycles. The van der Waals surface area contributed by atoms with Crippen molar-refractivity contribution in [2.45, 2.75) is 23.7 Å². The highest BCUT2D eigenvalue weighted by atomic mass is 32.2. The number of nitrogens with zero attached hydrogens (tertiary/aromatic N) is 3. The Morgan fingerprint density at radius 3 is 2.65 bits per heavy atom. The van der Waals surface area contributed by atoms with E-state index in [1.165, 1.54) is 10.5 Å². The fourth-order valence-electron chi connectivity index (χ4n) is 2.73. The van der Waals surface area contributed by atoms with E-state index in [1.807, 2.05) is 0 Å². The van der Waals surface area contributed by atoms with Crippen LogP contribution >= 0.6 is 0 Å². The van der Waals surface area contributed by atoms with Crippen molar-refractivity contribution in [3.05, 3.63) is 42.0 Å². The van der Waals surface area contributed by atoms with Crippen molar-refractivity contribution in [3.63, 3.8) is 0 Å². The molecule has 0 spiro atoms. The van der Waals surface area contributed by atoms with Gasteiger partial charge in [0, 0.05) is 37.1 Å². The third kappa shape index (κ3) is 3.10.